The van der Waals surface area contributed by atoms with E-state index in [-0.39, 0.29) is 6.10 Å². The fourth-order valence-electron chi connectivity index (χ4n) is 1.11. The summed E-state index contributed by atoms with van der Waals surface area (Å²) in [6.07, 6.45) is -0.216. The summed E-state index contributed by atoms with van der Waals surface area (Å²) in [5.41, 5.74) is 0. The van der Waals surface area contributed by atoms with Gasteiger partial charge in [0.2, 0.25) is 0 Å². The lowest BCUT2D eigenvalue weighted by atomic mass is 10.4. The molecule has 0 radical (unpaired) electrons. The van der Waals surface area contributed by atoms with Crippen LogP contribution in [-0.2, 0) is 0 Å². The first-order valence-corrected chi connectivity index (χ1v) is 6.57. The predicted molar refractivity (Wildman–Crippen MR) is 58.1 cm³/mol. The number of aliphatic hydroxyl groups is 1. The van der Waals surface area contributed by atoms with Crippen molar-refractivity contribution in [3.63, 3.8) is 0 Å². The van der Waals surface area contributed by atoms with E-state index < -0.39 is 0 Å². The van der Waals surface area contributed by atoms with Crippen LogP contribution in [0.2, 0.25) is 0 Å². The second kappa shape index (κ2) is 6.13. The second-order valence-electron chi connectivity index (χ2n) is 3.07. The first-order valence-electron chi connectivity index (χ1n) is 4.37. The second-order valence-corrected chi connectivity index (χ2v) is 5.63. The van der Waals surface area contributed by atoms with E-state index in [2.05, 4.69) is 5.32 Å². The van der Waals surface area contributed by atoms with Gasteiger partial charge in [-0.15, -0.1) is 0 Å². The molecule has 2 N–H and O–H groups in total. The molecule has 0 spiro atoms. The van der Waals surface area contributed by atoms with E-state index in [1.54, 1.807) is 0 Å². The third-order valence-electron chi connectivity index (χ3n) is 1.70. The highest BCUT2D eigenvalue weighted by atomic mass is 32.2. The van der Waals surface area contributed by atoms with E-state index in [0.29, 0.717) is 0 Å². The SMILES string of the molecule is C[C@@H](O)CNCC1CSCCS1. The van der Waals surface area contributed by atoms with Gasteiger partial charge in [0.1, 0.15) is 0 Å². The van der Waals surface area contributed by atoms with Crippen LogP contribution in [0.1, 0.15) is 6.92 Å². The van der Waals surface area contributed by atoms with Crippen LogP contribution in [0.25, 0.3) is 0 Å². The van der Waals surface area contributed by atoms with Crippen LogP contribution in [0.3, 0.4) is 0 Å². The van der Waals surface area contributed by atoms with Crippen molar-refractivity contribution in [3.8, 4) is 0 Å². The summed E-state index contributed by atoms with van der Waals surface area (Å²) >= 11 is 4.09. The van der Waals surface area contributed by atoms with Crippen molar-refractivity contribution in [1.82, 2.24) is 5.32 Å². The molecule has 0 saturated carbocycles. The van der Waals surface area contributed by atoms with Gasteiger partial charge < -0.3 is 10.4 Å². The summed E-state index contributed by atoms with van der Waals surface area (Å²) in [5, 5.41) is 13.0. The van der Waals surface area contributed by atoms with Gasteiger partial charge in [-0.1, -0.05) is 0 Å². The van der Waals surface area contributed by atoms with Gasteiger partial charge in [0, 0.05) is 35.6 Å². The molecule has 0 aromatic carbocycles. The van der Waals surface area contributed by atoms with Crippen molar-refractivity contribution in [1.29, 1.82) is 0 Å². The van der Waals surface area contributed by atoms with Gasteiger partial charge in [0.05, 0.1) is 6.10 Å². The van der Waals surface area contributed by atoms with Crippen molar-refractivity contribution >= 4 is 23.5 Å². The highest BCUT2D eigenvalue weighted by Gasteiger charge is 2.13. The van der Waals surface area contributed by atoms with Crippen LogP contribution in [-0.4, -0.2) is 46.8 Å². The maximum atomic E-state index is 9.01. The van der Waals surface area contributed by atoms with E-state index >= 15 is 0 Å². The molecule has 1 aliphatic heterocycles. The quantitative estimate of drug-likeness (QED) is 0.714. The van der Waals surface area contributed by atoms with Crippen LogP contribution in [0, 0.1) is 0 Å². The topological polar surface area (TPSA) is 32.3 Å². The number of hydrogen-bond acceptors (Lipinski definition) is 4. The van der Waals surface area contributed by atoms with Gasteiger partial charge in [0.25, 0.3) is 0 Å². The molecule has 1 fully saturated rings. The first kappa shape index (κ1) is 10.7. The molecule has 2 nitrogen and oxygen atoms in total. The van der Waals surface area contributed by atoms with Crippen LogP contribution < -0.4 is 5.32 Å². The van der Waals surface area contributed by atoms with Gasteiger partial charge in [-0.05, 0) is 6.92 Å². The molecule has 1 rings (SSSR count). The van der Waals surface area contributed by atoms with Gasteiger partial charge >= 0.3 is 0 Å². The molecule has 12 heavy (non-hydrogen) atoms. The minimum atomic E-state index is -0.216. The average molecular weight is 207 g/mol. The average Bonchev–Trinajstić information content (AvgIpc) is 2.05. The lowest BCUT2D eigenvalue weighted by Crippen LogP contribution is -2.33. The predicted octanol–water partition coefficient (Wildman–Crippen LogP) is 0.805. The molecule has 2 atom stereocenters. The summed E-state index contributed by atoms with van der Waals surface area (Å²) in [4.78, 5) is 0. The van der Waals surface area contributed by atoms with E-state index in [4.69, 9.17) is 5.11 Å². The zero-order valence-electron chi connectivity index (χ0n) is 7.45. The van der Waals surface area contributed by atoms with Gasteiger partial charge in [0.15, 0.2) is 0 Å². The Labute approximate surface area is 82.9 Å². The Hall–Kier alpha value is 0.620. The summed E-state index contributed by atoms with van der Waals surface area (Å²) < 4.78 is 0. The molecule has 0 aromatic rings. The Bertz CT molecular complexity index is 116. The van der Waals surface area contributed by atoms with E-state index in [9.17, 15) is 0 Å². The molecular formula is C8H17NOS2. The minimum Gasteiger partial charge on any atom is -0.392 e. The molecule has 72 valence electrons. The Kier molecular flexibility index (Phi) is 5.47. The molecule has 4 heteroatoms. The zero-order chi connectivity index (χ0) is 8.81. The first-order chi connectivity index (χ1) is 5.79. The molecule has 0 amide bonds. The lowest BCUT2D eigenvalue weighted by molar-refractivity contribution is 0.192. The van der Waals surface area contributed by atoms with Crippen molar-refractivity contribution in [2.24, 2.45) is 0 Å². The van der Waals surface area contributed by atoms with Crippen LogP contribution >= 0.6 is 23.5 Å². The summed E-state index contributed by atoms with van der Waals surface area (Å²) in [6.45, 7) is 3.58. The van der Waals surface area contributed by atoms with E-state index in [1.807, 2.05) is 30.4 Å². The molecular weight excluding hydrogens is 190 g/mol. The van der Waals surface area contributed by atoms with E-state index in [1.165, 1.54) is 17.3 Å². The summed E-state index contributed by atoms with van der Waals surface area (Å²) in [5.74, 6) is 3.85. The smallest absolute Gasteiger partial charge is 0.0636 e. The Morgan fingerprint density at radius 2 is 2.42 bits per heavy atom. The normalized spacial score (nSPS) is 27.0. The molecule has 0 aromatic heterocycles. The maximum Gasteiger partial charge on any atom is 0.0636 e. The molecule has 0 bridgehead atoms. The van der Waals surface area contributed by atoms with Crippen molar-refractivity contribution < 1.29 is 5.11 Å². The number of rotatable bonds is 4. The van der Waals surface area contributed by atoms with Crippen molar-refractivity contribution in [2.45, 2.75) is 18.3 Å². The highest BCUT2D eigenvalue weighted by Crippen LogP contribution is 2.23. The van der Waals surface area contributed by atoms with Crippen LogP contribution in [0.15, 0.2) is 0 Å². The Balaban J connectivity index is 1.98. The zero-order valence-corrected chi connectivity index (χ0v) is 9.09. The standard InChI is InChI=1S/C8H17NOS2/c1-7(10)4-9-5-8-6-11-2-3-12-8/h7-10H,2-6H2,1H3/t7-,8?/m1/s1. The van der Waals surface area contributed by atoms with Gasteiger partial charge in [-0.25, -0.2) is 0 Å². The summed E-state index contributed by atoms with van der Waals surface area (Å²) in [7, 11) is 0. The number of hydrogen-bond donors (Lipinski definition) is 2. The third-order valence-corrected chi connectivity index (χ3v) is 4.54. The highest BCUT2D eigenvalue weighted by molar-refractivity contribution is 8.06. The minimum absolute atomic E-state index is 0.216. The monoisotopic (exact) mass is 207 g/mol. The molecule has 1 aliphatic rings. The number of thioether (sulfide) groups is 2. The number of nitrogens with one attached hydrogen (secondary N) is 1. The third kappa shape index (κ3) is 4.60. The fraction of sp³-hybridized carbons (Fsp3) is 1.00. The largest absolute Gasteiger partial charge is 0.392 e. The maximum absolute atomic E-state index is 9.01. The van der Waals surface area contributed by atoms with Gasteiger partial charge in [-0.3, -0.25) is 0 Å². The van der Waals surface area contributed by atoms with Gasteiger partial charge in [-0.2, -0.15) is 23.5 Å². The summed E-state index contributed by atoms with van der Waals surface area (Å²) in [6, 6.07) is 0. The molecule has 1 heterocycles. The number of aliphatic hydroxyl groups excluding tert-OH is 1. The molecule has 1 unspecified atom stereocenters. The fourth-order valence-corrected chi connectivity index (χ4v) is 3.75. The van der Waals surface area contributed by atoms with Crippen LogP contribution in [0.4, 0.5) is 0 Å². The van der Waals surface area contributed by atoms with Crippen LogP contribution in [0.5, 0.6) is 0 Å². The lowest BCUT2D eigenvalue weighted by Gasteiger charge is -2.21. The van der Waals surface area contributed by atoms with Crippen molar-refractivity contribution in [2.75, 3.05) is 30.3 Å². The Morgan fingerprint density at radius 3 is 3.00 bits per heavy atom. The van der Waals surface area contributed by atoms with E-state index in [0.717, 1.165) is 18.3 Å². The molecule has 0 aliphatic carbocycles. The Morgan fingerprint density at radius 1 is 1.58 bits per heavy atom. The molecule has 1 saturated heterocycles. The van der Waals surface area contributed by atoms with Crippen molar-refractivity contribution in [3.05, 3.63) is 0 Å².